The van der Waals surface area contributed by atoms with E-state index in [1.165, 1.54) is 6.07 Å². The molecular weight excluding hydrogens is 458 g/mol. The number of carbonyl (C=O) groups is 1. The Morgan fingerprint density at radius 3 is 2.56 bits per heavy atom. The van der Waals surface area contributed by atoms with E-state index in [9.17, 15) is 9.59 Å². The lowest BCUT2D eigenvalue weighted by Crippen LogP contribution is -2.38. The molecule has 2 aliphatic heterocycles. The monoisotopic (exact) mass is 483 g/mol. The van der Waals surface area contributed by atoms with Crippen molar-refractivity contribution >= 4 is 39.9 Å². The molecule has 5 rings (SSSR count). The molecule has 178 valence electrons. The maximum Gasteiger partial charge on any atom is 0.259 e. The summed E-state index contributed by atoms with van der Waals surface area (Å²) >= 11 is 6.25. The summed E-state index contributed by atoms with van der Waals surface area (Å²) in [5, 5.41) is 3.97. The number of benzene rings is 1. The second-order valence-electron chi connectivity index (χ2n) is 8.40. The van der Waals surface area contributed by atoms with Gasteiger partial charge in [0.2, 0.25) is 5.56 Å². The molecule has 2 N–H and O–H groups in total. The van der Waals surface area contributed by atoms with Crippen LogP contribution in [0.3, 0.4) is 0 Å². The van der Waals surface area contributed by atoms with Crippen LogP contribution in [0.15, 0.2) is 41.3 Å². The lowest BCUT2D eigenvalue weighted by Gasteiger charge is -2.30. The van der Waals surface area contributed by atoms with Crippen molar-refractivity contribution < 1.29 is 14.3 Å². The zero-order valence-electron chi connectivity index (χ0n) is 18.7. The molecule has 1 aromatic carbocycles. The average molecular weight is 484 g/mol. The average Bonchev–Trinajstić information content (AvgIpc) is 2.85. The number of aromatic amines is 1. The predicted octanol–water partition coefficient (Wildman–Crippen LogP) is 2.50. The van der Waals surface area contributed by atoms with Crippen LogP contribution in [0.2, 0.25) is 5.02 Å². The molecule has 0 spiro atoms. The van der Waals surface area contributed by atoms with Crippen molar-refractivity contribution in [2.24, 2.45) is 0 Å². The van der Waals surface area contributed by atoms with E-state index < -0.39 is 0 Å². The highest BCUT2D eigenvalue weighted by Crippen LogP contribution is 2.26. The van der Waals surface area contributed by atoms with Gasteiger partial charge in [0.1, 0.15) is 5.82 Å². The molecule has 9 nitrogen and oxygen atoms in total. The van der Waals surface area contributed by atoms with Gasteiger partial charge in [0.25, 0.3) is 5.91 Å². The lowest BCUT2D eigenvalue weighted by molar-refractivity contribution is 0.0341. The number of rotatable bonds is 5. The van der Waals surface area contributed by atoms with E-state index >= 15 is 0 Å². The number of ether oxygens (including phenoxy) is 2. The van der Waals surface area contributed by atoms with E-state index in [1.54, 1.807) is 18.2 Å². The Morgan fingerprint density at radius 1 is 1.06 bits per heavy atom. The molecule has 2 aromatic heterocycles. The molecule has 4 heterocycles. The van der Waals surface area contributed by atoms with Crippen LogP contribution >= 0.6 is 11.6 Å². The summed E-state index contributed by atoms with van der Waals surface area (Å²) < 4.78 is 10.9. The van der Waals surface area contributed by atoms with Crippen molar-refractivity contribution in [1.29, 1.82) is 0 Å². The van der Waals surface area contributed by atoms with Gasteiger partial charge in [-0.2, -0.15) is 0 Å². The molecule has 0 radical (unpaired) electrons. The van der Waals surface area contributed by atoms with Crippen LogP contribution in [-0.4, -0.2) is 73.4 Å². The highest BCUT2D eigenvalue weighted by atomic mass is 35.5. The van der Waals surface area contributed by atoms with Crippen LogP contribution in [0.5, 0.6) is 0 Å². The second-order valence-corrected chi connectivity index (χ2v) is 8.81. The zero-order valence-corrected chi connectivity index (χ0v) is 19.4. The van der Waals surface area contributed by atoms with Crippen LogP contribution in [0.4, 0.5) is 11.5 Å². The molecule has 2 fully saturated rings. The Balaban J connectivity index is 1.44. The number of carbonyl (C=O) groups excluding carboxylic acids is 1. The minimum Gasteiger partial charge on any atom is -0.379 e. The minimum atomic E-state index is -0.271. The van der Waals surface area contributed by atoms with E-state index in [2.05, 4.69) is 20.1 Å². The van der Waals surface area contributed by atoms with Crippen molar-refractivity contribution in [2.45, 2.75) is 6.54 Å². The molecule has 10 heteroatoms. The van der Waals surface area contributed by atoms with E-state index in [1.807, 2.05) is 12.3 Å². The molecule has 1 amide bonds. The van der Waals surface area contributed by atoms with Gasteiger partial charge in [-0.3, -0.25) is 14.5 Å². The summed E-state index contributed by atoms with van der Waals surface area (Å²) in [4.78, 5) is 37.0. The minimum absolute atomic E-state index is 0.252. The third-order valence-electron chi connectivity index (χ3n) is 6.04. The third kappa shape index (κ3) is 5.07. The van der Waals surface area contributed by atoms with E-state index in [0.717, 1.165) is 18.7 Å². The zero-order chi connectivity index (χ0) is 23.5. The van der Waals surface area contributed by atoms with Crippen molar-refractivity contribution in [3.05, 3.63) is 63.0 Å². The number of hydrogen-bond acceptors (Lipinski definition) is 7. The number of pyridine rings is 2. The number of fused-ring (bicyclic) bond motifs is 1. The molecule has 2 aliphatic rings. The number of amides is 1. The summed E-state index contributed by atoms with van der Waals surface area (Å²) in [5.74, 6) is 0.396. The third-order valence-corrected chi connectivity index (χ3v) is 6.35. The van der Waals surface area contributed by atoms with Gasteiger partial charge in [0.05, 0.1) is 37.0 Å². The molecule has 34 heavy (non-hydrogen) atoms. The predicted molar refractivity (Wildman–Crippen MR) is 131 cm³/mol. The first-order valence-electron chi connectivity index (χ1n) is 11.3. The first kappa shape index (κ1) is 22.8. The van der Waals surface area contributed by atoms with Crippen molar-refractivity contribution in [3.63, 3.8) is 0 Å². The Labute approximate surface area is 201 Å². The quantitative estimate of drug-likeness (QED) is 0.575. The number of anilines is 2. The number of H-pyrrole nitrogens is 1. The normalized spacial score (nSPS) is 17.1. The van der Waals surface area contributed by atoms with E-state index in [0.29, 0.717) is 79.1 Å². The van der Waals surface area contributed by atoms with Crippen molar-refractivity contribution in [1.82, 2.24) is 14.9 Å². The molecule has 0 bridgehead atoms. The van der Waals surface area contributed by atoms with Gasteiger partial charge in [0.15, 0.2) is 0 Å². The maximum absolute atomic E-state index is 13.5. The SMILES string of the molecule is O=C(Nc1ccc2[nH]c(=O)cc(Cl)c2c1)c1cc(CN2CCOCC2)cnc1N1CCOCC1. The number of aromatic nitrogens is 2. The molecule has 0 unspecified atom stereocenters. The maximum atomic E-state index is 13.5. The first-order chi connectivity index (χ1) is 16.6. The van der Waals surface area contributed by atoms with E-state index in [-0.39, 0.29) is 11.5 Å². The van der Waals surface area contributed by atoms with Crippen LogP contribution in [0.25, 0.3) is 10.9 Å². The summed E-state index contributed by atoms with van der Waals surface area (Å²) in [6, 6.07) is 8.48. The van der Waals surface area contributed by atoms with Crippen LogP contribution < -0.4 is 15.8 Å². The smallest absolute Gasteiger partial charge is 0.259 e. The fourth-order valence-electron chi connectivity index (χ4n) is 4.29. The van der Waals surface area contributed by atoms with Crippen LogP contribution in [-0.2, 0) is 16.0 Å². The Kier molecular flexibility index (Phi) is 6.77. The molecule has 2 saturated heterocycles. The number of morpholine rings is 2. The molecule has 0 aliphatic carbocycles. The number of nitrogens with one attached hydrogen (secondary N) is 2. The summed E-state index contributed by atoms with van der Waals surface area (Å²) in [6.45, 7) is 6.38. The van der Waals surface area contributed by atoms with Gasteiger partial charge in [0, 0.05) is 61.6 Å². The Hall–Kier alpha value is -2.98. The highest BCUT2D eigenvalue weighted by Gasteiger charge is 2.22. The highest BCUT2D eigenvalue weighted by molar-refractivity contribution is 6.35. The van der Waals surface area contributed by atoms with Gasteiger partial charge in [-0.05, 0) is 29.8 Å². The summed E-state index contributed by atoms with van der Waals surface area (Å²) in [7, 11) is 0. The standard InChI is InChI=1S/C24H26ClN5O4/c25-20-13-22(31)28-21-2-1-17(12-18(20)21)27-24(32)19-11-16(15-29-3-7-33-8-4-29)14-26-23(19)30-5-9-34-10-6-30/h1-2,11-14H,3-10,15H2,(H,27,32)(H,28,31). The van der Waals surface area contributed by atoms with Crippen LogP contribution in [0.1, 0.15) is 15.9 Å². The molecule has 0 saturated carbocycles. The Morgan fingerprint density at radius 2 is 1.79 bits per heavy atom. The van der Waals surface area contributed by atoms with Gasteiger partial charge in [-0.25, -0.2) is 4.98 Å². The fourth-order valence-corrected chi connectivity index (χ4v) is 4.54. The van der Waals surface area contributed by atoms with Crippen molar-refractivity contribution in [2.75, 3.05) is 62.8 Å². The molecule has 3 aromatic rings. The van der Waals surface area contributed by atoms with Gasteiger partial charge < -0.3 is 24.7 Å². The van der Waals surface area contributed by atoms with Crippen LogP contribution in [0, 0.1) is 0 Å². The fraction of sp³-hybridized carbons (Fsp3) is 0.375. The summed E-state index contributed by atoms with van der Waals surface area (Å²) in [5.41, 5.74) is 2.41. The topological polar surface area (TPSA) is 99.8 Å². The molecular formula is C24H26ClN5O4. The number of hydrogen-bond donors (Lipinski definition) is 2. The number of nitrogens with zero attached hydrogens (tertiary/aromatic N) is 3. The first-order valence-corrected chi connectivity index (χ1v) is 11.7. The largest absolute Gasteiger partial charge is 0.379 e. The Bertz CT molecular complexity index is 1250. The summed E-state index contributed by atoms with van der Waals surface area (Å²) in [6.07, 6.45) is 1.85. The second kappa shape index (κ2) is 10.1. The lowest BCUT2D eigenvalue weighted by atomic mass is 10.1. The number of halogens is 1. The van der Waals surface area contributed by atoms with Crippen molar-refractivity contribution in [3.8, 4) is 0 Å². The van der Waals surface area contributed by atoms with Gasteiger partial charge >= 0.3 is 0 Å². The molecule has 0 atom stereocenters. The van der Waals surface area contributed by atoms with Gasteiger partial charge in [-0.1, -0.05) is 11.6 Å². The van der Waals surface area contributed by atoms with E-state index in [4.69, 9.17) is 26.1 Å². The van der Waals surface area contributed by atoms with Gasteiger partial charge in [-0.15, -0.1) is 0 Å².